The number of hydrogen-bond acceptors (Lipinski definition) is 1. The van der Waals surface area contributed by atoms with E-state index < -0.39 is 0 Å². The quantitative estimate of drug-likeness (QED) is 0.655. The van der Waals surface area contributed by atoms with Gasteiger partial charge < -0.3 is 0 Å². The Morgan fingerprint density at radius 1 is 0.857 bits per heavy atom. The van der Waals surface area contributed by atoms with Gasteiger partial charge in [0.05, 0.1) is 0 Å². The predicted octanol–water partition coefficient (Wildman–Crippen LogP) is 5.59. The summed E-state index contributed by atoms with van der Waals surface area (Å²) in [5.41, 5.74) is 0.843. The molecule has 1 saturated heterocycles. The SMILES string of the molecule is CC(C)C1CCC[C@@H](C(C)C)C1N1CC(C)(C)CC1(C)C. The average Bonchev–Trinajstić information content (AvgIpc) is 2.55. The lowest BCUT2D eigenvalue weighted by Crippen LogP contribution is -2.55. The second kappa shape index (κ2) is 5.87. The van der Waals surface area contributed by atoms with E-state index in [0.717, 1.165) is 29.7 Å². The molecule has 2 aliphatic rings. The molecule has 0 bridgehead atoms. The summed E-state index contributed by atoms with van der Waals surface area (Å²) >= 11 is 0. The fourth-order valence-electron chi connectivity index (χ4n) is 5.68. The van der Waals surface area contributed by atoms with Crippen LogP contribution in [0.5, 0.6) is 0 Å². The van der Waals surface area contributed by atoms with Crippen molar-refractivity contribution in [2.45, 2.75) is 92.7 Å². The minimum absolute atomic E-state index is 0.367. The molecule has 2 unspecified atom stereocenters. The third kappa shape index (κ3) is 3.49. The smallest absolute Gasteiger partial charge is 0.0162 e. The van der Waals surface area contributed by atoms with Crippen LogP contribution in [0.2, 0.25) is 0 Å². The molecule has 1 heteroatoms. The number of nitrogens with zero attached hydrogens (tertiary/aromatic N) is 1. The Labute approximate surface area is 133 Å². The van der Waals surface area contributed by atoms with Crippen LogP contribution in [0.15, 0.2) is 0 Å². The van der Waals surface area contributed by atoms with Crippen LogP contribution in [0, 0.1) is 29.1 Å². The average molecular weight is 294 g/mol. The minimum atomic E-state index is 0.367. The third-order valence-electron chi connectivity index (χ3n) is 6.31. The number of hydrogen-bond donors (Lipinski definition) is 0. The molecule has 0 N–H and O–H groups in total. The summed E-state index contributed by atoms with van der Waals surface area (Å²) in [4.78, 5) is 2.93. The Morgan fingerprint density at radius 2 is 1.33 bits per heavy atom. The summed E-state index contributed by atoms with van der Waals surface area (Å²) in [6.07, 6.45) is 5.67. The molecule has 21 heavy (non-hydrogen) atoms. The second-order valence-electron chi connectivity index (χ2n) is 10.0. The molecule has 1 aliphatic carbocycles. The molecule has 1 aliphatic heterocycles. The molecule has 3 atom stereocenters. The second-order valence-corrected chi connectivity index (χ2v) is 10.0. The van der Waals surface area contributed by atoms with Gasteiger partial charge in [0, 0.05) is 18.1 Å². The molecule has 1 nitrogen and oxygen atoms in total. The maximum absolute atomic E-state index is 2.93. The van der Waals surface area contributed by atoms with Crippen LogP contribution in [0.4, 0.5) is 0 Å². The van der Waals surface area contributed by atoms with E-state index in [9.17, 15) is 0 Å². The number of rotatable bonds is 3. The van der Waals surface area contributed by atoms with Gasteiger partial charge in [-0.3, -0.25) is 4.90 Å². The maximum Gasteiger partial charge on any atom is 0.0162 e. The van der Waals surface area contributed by atoms with Gasteiger partial charge in [-0.05, 0) is 62.2 Å². The first-order valence-electron chi connectivity index (χ1n) is 9.32. The zero-order chi connectivity index (χ0) is 16.0. The van der Waals surface area contributed by atoms with Crippen molar-refractivity contribution in [3.63, 3.8) is 0 Å². The molecule has 1 heterocycles. The van der Waals surface area contributed by atoms with E-state index in [4.69, 9.17) is 0 Å². The van der Waals surface area contributed by atoms with E-state index in [0.29, 0.717) is 11.0 Å². The maximum atomic E-state index is 2.93. The molecule has 2 rings (SSSR count). The van der Waals surface area contributed by atoms with Gasteiger partial charge in [0.15, 0.2) is 0 Å². The van der Waals surface area contributed by atoms with Gasteiger partial charge in [0.25, 0.3) is 0 Å². The molecule has 0 amide bonds. The topological polar surface area (TPSA) is 3.24 Å². The van der Waals surface area contributed by atoms with Crippen molar-refractivity contribution in [1.82, 2.24) is 4.90 Å². The van der Waals surface area contributed by atoms with Crippen LogP contribution in [0.3, 0.4) is 0 Å². The van der Waals surface area contributed by atoms with Crippen LogP contribution in [0.25, 0.3) is 0 Å². The molecular formula is C20H39N. The van der Waals surface area contributed by atoms with E-state index in [1.807, 2.05) is 0 Å². The predicted molar refractivity (Wildman–Crippen MR) is 93.5 cm³/mol. The van der Waals surface area contributed by atoms with Crippen LogP contribution < -0.4 is 0 Å². The highest BCUT2D eigenvalue weighted by Gasteiger charge is 2.50. The zero-order valence-corrected chi connectivity index (χ0v) is 15.9. The van der Waals surface area contributed by atoms with Crippen LogP contribution in [-0.2, 0) is 0 Å². The molecule has 2 fully saturated rings. The summed E-state index contributed by atoms with van der Waals surface area (Å²) in [5, 5.41) is 0. The van der Waals surface area contributed by atoms with Gasteiger partial charge in [0.2, 0.25) is 0 Å². The third-order valence-corrected chi connectivity index (χ3v) is 6.31. The first kappa shape index (κ1) is 17.3. The molecule has 124 valence electrons. The van der Waals surface area contributed by atoms with Crippen molar-refractivity contribution < 1.29 is 0 Å². The minimum Gasteiger partial charge on any atom is -0.294 e. The zero-order valence-electron chi connectivity index (χ0n) is 15.9. The molecule has 0 aromatic heterocycles. The first-order chi connectivity index (χ1) is 9.55. The lowest BCUT2D eigenvalue weighted by molar-refractivity contribution is -0.0194. The van der Waals surface area contributed by atoms with Gasteiger partial charge in [-0.15, -0.1) is 0 Å². The highest BCUT2D eigenvalue weighted by Crippen LogP contribution is 2.49. The molecule has 0 radical (unpaired) electrons. The van der Waals surface area contributed by atoms with Crippen molar-refractivity contribution in [2.24, 2.45) is 29.1 Å². The Morgan fingerprint density at radius 3 is 1.67 bits per heavy atom. The molecule has 1 saturated carbocycles. The van der Waals surface area contributed by atoms with E-state index in [2.05, 4.69) is 60.3 Å². The van der Waals surface area contributed by atoms with E-state index >= 15 is 0 Å². The van der Waals surface area contributed by atoms with Crippen molar-refractivity contribution in [2.75, 3.05) is 6.54 Å². The summed E-state index contributed by atoms with van der Waals surface area (Å²) in [6, 6.07) is 0.801. The Hall–Kier alpha value is -0.0400. The van der Waals surface area contributed by atoms with Crippen LogP contribution in [0.1, 0.15) is 81.1 Å². The van der Waals surface area contributed by atoms with Crippen molar-refractivity contribution in [3.8, 4) is 0 Å². The van der Waals surface area contributed by atoms with Gasteiger partial charge in [-0.2, -0.15) is 0 Å². The summed E-state index contributed by atoms with van der Waals surface area (Å²) < 4.78 is 0. The lowest BCUT2D eigenvalue weighted by atomic mass is 9.67. The Balaban J connectivity index is 2.34. The monoisotopic (exact) mass is 293 g/mol. The fraction of sp³-hybridized carbons (Fsp3) is 1.00. The highest BCUT2D eigenvalue weighted by atomic mass is 15.3. The first-order valence-corrected chi connectivity index (χ1v) is 9.32. The number of likely N-dealkylation sites (tertiary alicyclic amines) is 1. The Kier molecular flexibility index (Phi) is 4.84. The summed E-state index contributed by atoms with van der Waals surface area (Å²) in [5.74, 6) is 3.41. The molecular weight excluding hydrogens is 254 g/mol. The van der Waals surface area contributed by atoms with Gasteiger partial charge >= 0.3 is 0 Å². The van der Waals surface area contributed by atoms with Crippen molar-refractivity contribution >= 4 is 0 Å². The van der Waals surface area contributed by atoms with E-state index in [-0.39, 0.29) is 0 Å². The van der Waals surface area contributed by atoms with Crippen LogP contribution >= 0.6 is 0 Å². The summed E-state index contributed by atoms with van der Waals surface area (Å²) in [7, 11) is 0. The molecule has 0 aromatic carbocycles. The van der Waals surface area contributed by atoms with E-state index in [1.165, 1.54) is 32.2 Å². The molecule has 0 spiro atoms. The highest BCUT2D eigenvalue weighted by molar-refractivity contribution is 5.04. The molecule has 0 aromatic rings. The van der Waals surface area contributed by atoms with Gasteiger partial charge in [-0.25, -0.2) is 0 Å². The standard InChI is InChI=1S/C20H39N/c1-14(2)16-10-9-11-17(15(3)4)18(16)21-13-19(5,6)12-20(21,7)8/h14-18H,9-13H2,1-8H3/t16-,17?,18?/m0/s1. The Bertz CT molecular complexity index is 337. The van der Waals surface area contributed by atoms with Crippen molar-refractivity contribution in [1.29, 1.82) is 0 Å². The largest absolute Gasteiger partial charge is 0.294 e. The fourth-order valence-corrected chi connectivity index (χ4v) is 5.68. The van der Waals surface area contributed by atoms with E-state index in [1.54, 1.807) is 0 Å². The van der Waals surface area contributed by atoms with Gasteiger partial charge in [-0.1, -0.05) is 48.0 Å². The van der Waals surface area contributed by atoms with Crippen LogP contribution in [-0.4, -0.2) is 23.0 Å². The lowest BCUT2D eigenvalue weighted by Gasteiger charge is -2.51. The summed E-state index contributed by atoms with van der Waals surface area (Å²) in [6.45, 7) is 21.0. The normalized spacial score (nSPS) is 36.6. The van der Waals surface area contributed by atoms with Gasteiger partial charge in [0.1, 0.15) is 0 Å². The van der Waals surface area contributed by atoms with Crippen molar-refractivity contribution in [3.05, 3.63) is 0 Å².